The molecule has 1 atom stereocenters. The molecule has 0 aromatic rings. The first-order valence-corrected chi connectivity index (χ1v) is 5.55. The van der Waals surface area contributed by atoms with Gasteiger partial charge in [-0.15, -0.1) is 0 Å². The summed E-state index contributed by atoms with van der Waals surface area (Å²) in [5.74, 6) is 0.911. The predicted molar refractivity (Wildman–Crippen MR) is 58.0 cm³/mol. The highest BCUT2D eigenvalue weighted by molar-refractivity contribution is 4.64. The molecular formula is C11H24N2. The third kappa shape index (κ3) is 4.63. The topological polar surface area (TPSA) is 6.48 Å². The highest BCUT2D eigenvalue weighted by atomic mass is 15.2. The van der Waals surface area contributed by atoms with Crippen LogP contribution in [-0.2, 0) is 0 Å². The molecule has 13 heavy (non-hydrogen) atoms. The minimum Gasteiger partial charge on any atom is -0.305 e. The van der Waals surface area contributed by atoms with Gasteiger partial charge in [0.1, 0.15) is 0 Å². The molecule has 0 N–H and O–H groups in total. The molecule has 0 spiro atoms. The van der Waals surface area contributed by atoms with Crippen molar-refractivity contribution in [3.8, 4) is 0 Å². The fourth-order valence-electron chi connectivity index (χ4n) is 1.86. The summed E-state index contributed by atoms with van der Waals surface area (Å²) in [5, 5.41) is 0. The highest BCUT2D eigenvalue weighted by Gasteiger charge is 2.09. The van der Waals surface area contributed by atoms with Gasteiger partial charge in [-0.3, -0.25) is 0 Å². The molecule has 0 amide bonds. The van der Waals surface area contributed by atoms with E-state index in [-0.39, 0.29) is 0 Å². The molecule has 2 nitrogen and oxygen atoms in total. The molecule has 0 bridgehead atoms. The zero-order valence-corrected chi connectivity index (χ0v) is 9.42. The highest BCUT2D eigenvalue weighted by Crippen LogP contribution is 2.12. The van der Waals surface area contributed by atoms with Crippen LogP contribution in [0, 0.1) is 5.92 Å². The Morgan fingerprint density at radius 3 is 2.15 bits per heavy atom. The maximum Gasteiger partial charge on any atom is 0.0106 e. The van der Waals surface area contributed by atoms with Crippen LogP contribution < -0.4 is 0 Å². The summed E-state index contributed by atoms with van der Waals surface area (Å²) >= 11 is 0. The van der Waals surface area contributed by atoms with Gasteiger partial charge in [0, 0.05) is 13.1 Å². The van der Waals surface area contributed by atoms with E-state index in [1.165, 1.54) is 45.4 Å². The Labute approximate surface area is 82.9 Å². The summed E-state index contributed by atoms with van der Waals surface area (Å²) in [6.45, 7) is 7.39. The summed E-state index contributed by atoms with van der Waals surface area (Å²) < 4.78 is 0. The number of nitrogens with zero attached hydrogens (tertiary/aromatic N) is 2. The third-order valence-corrected chi connectivity index (χ3v) is 3.10. The number of hydrogen-bond acceptors (Lipinski definition) is 2. The van der Waals surface area contributed by atoms with Gasteiger partial charge in [0.25, 0.3) is 0 Å². The summed E-state index contributed by atoms with van der Waals surface area (Å²) in [6.07, 6.45) is 4.15. The standard InChI is InChI=1S/C11H24N2/c1-11-5-4-7-12(2)9-10-13(3)8-6-11/h11H,4-10H2,1-3H3. The lowest BCUT2D eigenvalue weighted by molar-refractivity contribution is 0.222. The van der Waals surface area contributed by atoms with Crippen molar-refractivity contribution in [2.75, 3.05) is 40.3 Å². The van der Waals surface area contributed by atoms with E-state index in [9.17, 15) is 0 Å². The van der Waals surface area contributed by atoms with Crippen LogP contribution in [0.15, 0.2) is 0 Å². The van der Waals surface area contributed by atoms with Gasteiger partial charge >= 0.3 is 0 Å². The Morgan fingerprint density at radius 1 is 0.846 bits per heavy atom. The predicted octanol–water partition coefficient (Wildman–Crippen LogP) is 1.67. The zero-order chi connectivity index (χ0) is 9.68. The molecule has 1 fully saturated rings. The van der Waals surface area contributed by atoms with E-state index in [0.717, 1.165) is 5.92 Å². The van der Waals surface area contributed by atoms with Crippen LogP contribution in [0.25, 0.3) is 0 Å². The van der Waals surface area contributed by atoms with Crippen molar-refractivity contribution in [2.45, 2.75) is 26.2 Å². The third-order valence-electron chi connectivity index (χ3n) is 3.10. The van der Waals surface area contributed by atoms with Crippen LogP contribution in [0.5, 0.6) is 0 Å². The number of rotatable bonds is 0. The van der Waals surface area contributed by atoms with E-state index in [1.54, 1.807) is 0 Å². The van der Waals surface area contributed by atoms with Crippen molar-refractivity contribution in [3.63, 3.8) is 0 Å². The van der Waals surface area contributed by atoms with Crippen molar-refractivity contribution in [3.05, 3.63) is 0 Å². The molecular weight excluding hydrogens is 160 g/mol. The largest absolute Gasteiger partial charge is 0.305 e. The summed E-state index contributed by atoms with van der Waals surface area (Å²) in [4.78, 5) is 4.91. The first-order chi connectivity index (χ1) is 6.18. The second-order valence-electron chi connectivity index (χ2n) is 4.64. The van der Waals surface area contributed by atoms with Crippen molar-refractivity contribution in [1.29, 1.82) is 0 Å². The Bertz CT molecular complexity index is 122. The molecule has 0 radical (unpaired) electrons. The number of hydrogen-bond donors (Lipinski definition) is 0. The smallest absolute Gasteiger partial charge is 0.0106 e. The lowest BCUT2D eigenvalue weighted by Crippen LogP contribution is -2.33. The molecule has 1 saturated heterocycles. The molecule has 78 valence electrons. The Kier molecular flexibility index (Phi) is 4.74. The summed E-state index contributed by atoms with van der Waals surface area (Å²) in [6, 6.07) is 0. The van der Waals surface area contributed by atoms with E-state index in [1.807, 2.05) is 0 Å². The van der Waals surface area contributed by atoms with Gasteiger partial charge in [-0.2, -0.15) is 0 Å². The van der Waals surface area contributed by atoms with E-state index in [2.05, 4.69) is 30.8 Å². The Morgan fingerprint density at radius 2 is 1.46 bits per heavy atom. The maximum atomic E-state index is 2.46. The average Bonchev–Trinajstić information content (AvgIpc) is 2.10. The molecule has 0 aromatic carbocycles. The molecule has 0 aromatic heterocycles. The minimum atomic E-state index is 0.911. The Balaban J connectivity index is 2.32. The SMILES string of the molecule is CC1CCCN(C)CCN(C)CC1. The lowest BCUT2D eigenvalue weighted by Gasteiger charge is -2.25. The van der Waals surface area contributed by atoms with Crippen LogP contribution in [0.2, 0.25) is 0 Å². The van der Waals surface area contributed by atoms with Crippen molar-refractivity contribution in [1.82, 2.24) is 9.80 Å². The van der Waals surface area contributed by atoms with Crippen molar-refractivity contribution in [2.24, 2.45) is 5.92 Å². The second kappa shape index (κ2) is 5.61. The first-order valence-electron chi connectivity index (χ1n) is 5.55. The van der Waals surface area contributed by atoms with E-state index in [0.29, 0.717) is 0 Å². The molecule has 1 aliphatic rings. The monoisotopic (exact) mass is 184 g/mol. The fourth-order valence-corrected chi connectivity index (χ4v) is 1.86. The fraction of sp³-hybridized carbons (Fsp3) is 1.00. The summed E-state index contributed by atoms with van der Waals surface area (Å²) in [5.41, 5.74) is 0. The normalized spacial score (nSPS) is 30.2. The van der Waals surface area contributed by atoms with Crippen molar-refractivity contribution >= 4 is 0 Å². The van der Waals surface area contributed by atoms with Crippen molar-refractivity contribution < 1.29 is 0 Å². The van der Waals surface area contributed by atoms with Gasteiger partial charge in [0.2, 0.25) is 0 Å². The molecule has 1 unspecified atom stereocenters. The van der Waals surface area contributed by atoms with Crippen LogP contribution >= 0.6 is 0 Å². The first kappa shape index (κ1) is 11.0. The average molecular weight is 184 g/mol. The van der Waals surface area contributed by atoms with Crippen LogP contribution in [0.3, 0.4) is 0 Å². The minimum absolute atomic E-state index is 0.911. The van der Waals surface area contributed by atoms with Crippen LogP contribution in [0.1, 0.15) is 26.2 Å². The zero-order valence-electron chi connectivity index (χ0n) is 9.42. The van der Waals surface area contributed by atoms with Gasteiger partial charge in [0.15, 0.2) is 0 Å². The maximum absolute atomic E-state index is 2.46. The van der Waals surface area contributed by atoms with Gasteiger partial charge < -0.3 is 9.80 Å². The number of likely N-dealkylation sites (N-methyl/N-ethyl adjacent to an activating group) is 2. The lowest BCUT2D eigenvalue weighted by atomic mass is 10.0. The van der Waals surface area contributed by atoms with Gasteiger partial charge in [0.05, 0.1) is 0 Å². The molecule has 0 aliphatic carbocycles. The molecule has 1 rings (SSSR count). The van der Waals surface area contributed by atoms with Gasteiger partial charge in [-0.05, 0) is 52.4 Å². The van der Waals surface area contributed by atoms with Crippen LogP contribution in [-0.4, -0.2) is 50.1 Å². The molecule has 0 saturated carbocycles. The van der Waals surface area contributed by atoms with E-state index < -0.39 is 0 Å². The quantitative estimate of drug-likeness (QED) is 0.565. The van der Waals surface area contributed by atoms with Crippen LogP contribution in [0.4, 0.5) is 0 Å². The Hall–Kier alpha value is -0.0800. The second-order valence-corrected chi connectivity index (χ2v) is 4.64. The molecule has 1 aliphatic heterocycles. The van der Waals surface area contributed by atoms with E-state index in [4.69, 9.17) is 0 Å². The molecule has 2 heteroatoms. The molecule has 1 heterocycles. The van der Waals surface area contributed by atoms with Gasteiger partial charge in [-0.1, -0.05) is 6.92 Å². The van der Waals surface area contributed by atoms with Gasteiger partial charge in [-0.25, -0.2) is 0 Å². The van der Waals surface area contributed by atoms with E-state index >= 15 is 0 Å². The summed E-state index contributed by atoms with van der Waals surface area (Å²) in [7, 11) is 4.47.